The van der Waals surface area contributed by atoms with Gasteiger partial charge in [-0.2, -0.15) is 0 Å². The summed E-state index contributed by atoms with van der Waals surface area (Å²) in [6.45, 7) is 10.8. The van der Waals surface area contributed by atoms with Crippen LogP contribution >= 0.6 is 0 Å². The third kappa shape index (κ3) is 4.14. The number of nitrogens with zero attached hydrogens (tertiary/aromatic N) is 2. The minimum absolute atomic E-state index is 0.106. The molecule has 0 bridgehead atoms. The van der Waals surface area contributed by atoms with E-state index in [1.807, 2.05) is 24.8 Å². The summed E-state index contributed by atoms with van der Waals surface area (Å²) in [5.41, 5.74) is 1.75. The molecule has 6 nitrogen and oxygen atoms in total. The number of nitrogens with one attached hydrogen (secondary N) is 1. The van der Waals surface area contributed by atoms with Crippen molar-refractivity contribution >= 4 is 21.6 Å². The van der Waals surface area contributed by atoms with Gasteiger partial charge >= 0.3 is 0 Å². The van der Waals surface area contributed by atoms with E-state index in [9.17, 15) is 13.2 Å². The minimum atomic E-state index is -3.54. The van der Waals surface area contributed by atoms with Crippen LogP contribution in [0.4, 0.5) is 5.69 Å². The smallest absolute Gasteiger partial charge is 0.242 e. The molecule has 1 saturated heterocycles. The first-order chi connectivity index (χ1) is 12.6. The molecular weight excluding hydrogens is 362 g/mol. The summed E-state index contributed by atoms with van der Waals surface area (Å²) in [6.07, 6.45) is 2.90. The highest BCUT2D eigenvalue weighted by atomic mass is 32.2. The Hall–Kier alpha value is -1.60. The average Bonchev–Trinajstić information content (AvgIpc) is 3.21. The monoisotopic (exact) mass is 393 g/mol. The van der Waals surface area contributed by atoms with E-state index in [1.54, 1.807) is 12.1 Å². The topological polar surface area (TPSA) is 69.7 Å². The zero-order valence-electron chi connectivity index (χ0n) is 16.8. The summed E-state index contributed by atoms with van der Waals surface area (Å²) >= 11 is 0. The fourth-order valence-electron chi connectivity index (χ4n) is 3.93. The standard InChI is InChI=1S/C20H31N3O3S/c1-5-15(2)21-27(25,26)16-8-9-18-17(12-16)20(3,4)14-23(18)13-19(24)22-10-6-7-11-22/h8-9,12,15,21H,5-7,10-11,13-14H2,1-4H3. The lowest BCUT2D eigenvalue weighted by atomic mass is 9.87. The second kappa shape index (κ2) is 7.43. The Balaban J connectivity index is 1.85. The van der Waals surface area contributed by atoms with E-state index in [-0.39, 0.29) is 17.4 Å². The second-order valence-corrected chi connectivity index (χ2v) is 10.2. The van der Waals surface area contributed by atoms with Crippen molar-refractivity contribution in [3.05, 3.63) is 23.8 Å². The van der Waals surface area contributed by atoms with Gasteiger partial charge in [-0.15, -0.1) is 0 Å². The van der Waals surface area contributed by atoms with E-state index in [1.165, 1.54) is 0 Å². The van der Waals surface area contributed by atoms with Gasteiger partial charge in [0, 0.05) is 36.8 Å². The van der Waals surface area contributed by atoms with Crippen molar-refractivity contribution < 1.29 is 13.2 Å². The van der Waals surface area contributed by atoms with E-state index in [0.29, 0.717) is 18.0 Å². The minimum Gasteiger partial charge on any atom is -0.361 e. The SMILES string of the molecule is CCC(C)NS(=O)(=O)c1ccc2c(c1)C(C)(C)CN2CC(=O)N1CCCC1. The zero-order chi connectivity index (χ0) is 19.8. The van der Waals surface area contributed by atoms with Gasteiger partial charge in [-0.05, 0) is 49.9 Å². The van der Waals surface area contributed by atoms with Gasteiger partial charge in [0.25, 0.3) is 0 Å². The number of hydrogen-bond acceptors (Lipinski definition) is 4. The van der Waals surface area contributed by atoms with Gasteiger partial charge in [0.2, 0.25) is 15.9 Å². The third-order valence-corrected chi connectivity index (χ3v) is 7.28. The van der Waals surface area contributed by atoms with Gasteiger partial charge in [0.05, 0.1) is 11.4 Å². The molecule has 0 aromatic heterocycles. The van der Waals surface area contributed by atoms with Crippen LogP contribution in [0, 0.1) is 0 Å². The lowest BCUT2D eigenvalue weighted by molar-refractivity contribution is -0.128. The van der Waals surface area contributed by atoms with Crippen LogP contribution in [0.15, 0.2) is 23.1 Å². The van der Waals surface area contributed by atoms with Crippen molar-refractivity contribution in [1.29, 1.82) is 0 Å². The Bertz CT molecular complexity index is 814. The Kier molecular flexibility index (Phi) is 5.54. The summed E-state index contributed by atoms with van der Waals surface area (Å²) in [7, 11) is -3.54. The number of rotatable bonds is 6. The summed E-state index contributed by atoms with van der Waals surface area (Å²) in [5, 5.41) is 0. The summed E-state index contributed by atoms with van der Waals surface area (Å²) < 4.78 is 28.0. The Morgan fingerprint density at radius 2 is 1.93 bits per heavy atom. The summed E-state index contributed by atoms with van der Waals surface area (Å²) in [4.78, 5) is 16.9. The summed E-state index contributed by atoms with van der Waals surface area (Å²) in [5.74, 6) is 0.159. The molecule has 2 aliphatic rings. The maximum absolute atomic E-state index is 12.7. The molecular formula is C20H31N3O3S. The molecule has 0 radical (unpaired) electrons. The molecule has 0 spiro atoms. The predicted molar refractivity (Wildman–Crippen MR) is 108 cm³/mol. The number of hydrogen-bond donors (Lipinski definition) is 1. The molecule has 2 heterocycles. The molecule has 150 valence electrons. The van der Waals surface area contributed by atoms with Crippen molar-refractivity contribution in [3.63, 3.8) is 0 Å². The van der Waals surface area contributed by atoms with Gasteiger partial charge in [0.1, 0.15) is 0 Å². The fraction of sp³-hybridized carbons (Fsp3) is 0.650. The van der Waals surface area contributed by atoms with Gasteiger partial charge in [0.15, 0.2) is 0 Å². The van der Waals surface area contributed by atoms with E-state index < -0.39 is 10.0 Å². The highest BCUT2D eigenvalue weighted by molar-refractivity contribution is 7.89. The van der Waals surface area contributed by atoms with Crippen molar-refractivity contribution in [2.45, 2.75) is 63.3 Å². The first-order valence-corrected chi connectivity index (χ1v) is 11.3. The number of carbonyl (C=O) groups excluding carboxylic acids is 1. The number of amides is 1. The molecule has 1 atom stereocenters. The predicted octanol–water partition coefficient (Wildman–Crippen LogP) is 2.48. The van der Waals surface area contributed by atoms with Crippen LogP contribution in [0.5, 0.6) is 0 Å². The van der Waals surface area contributed by atoms with Crippen molar-refractivity contribution in [2.75, 3.05) is 31.1 Å². The number of anilines is 1. The van der Waals surface area contributed by atoms with E-state index in [0.717, 1.165) is 43.6 Å². The molecule has 2 aliphatic heterocycles. The maximum atomic E-state index is 12.7. The third-order valence-electron chi connectivity index (χ3n) is 5.69. The molecule has 0 saturated carbocycles. The Morgan fingerprint density at radius 3 is 2.56 bits per heavy atom. The van der Waals surface area contributed by atoms with Crippen molar-refractivity contribution in [3.8, 4) is 0 Å². The first-order valence-electron chi connectivity index (χ1n) is 9.83. The van der Waals surface area contributed by atoms with Crippen LogP contribution in [-0.2, 0) is 20.2 Å². The van der Waals surface area contributed by atoms with Crippen molar-refractivity contribution in [2.24, 2.45) is 0 Å². The van der Waals surface area contributed by atoms with Crippen LogP contribution in [0.3, 0.4) is 0 Å². The molecule has 1 N–H and O–H groups in total. The van der Waals surface area contributed by atoms with Crippen LogP contribution in [0.25, 0.3) is 0 Å². The van der Waals surface area contributed by atoms with Crippen LogP contribution in [0.2, 0.25) is 0 Å². The molecule has 1 amide bonds. The number of carbonyl (C=O) groups is 1. The normalized spacial score (nSPS) is 20.0. The van der Waals surface area contributed by atoms with E-state index in [4.69, 9.17) is 0 Å². The van der Waals surface area contributed by atoms with Gasteiger partial charge in [-0.25, -0.2) is 13.1 Å². The number of sulfonamides is 1. The second-order valence-electron chi connectivity index (χ2n) is 8.44. The highest BCUT2D eigenvalue weighted by Crippen LogP contribution is 2.41. The molecule has 3 rings (SSSR count). The first kappa shape index (κ1) is 20.1. The van der Waals surface area contributed by atoms with Crippen LogP contribution in [0.1, 0.15) is 52.5 Å². The highest BCUT2D eigenvalue weighted by Gasteiger charge is 2.37. The van der Waals surface area contributed by atoms with Gasteiger partial charge in [-0.3, -0.25) is 4.79 Å². The fourth-order valence-corrected chi connectivity index (χ4v) is 5.29. The molecule has 27 heavy (non-hydrogen) atoms. The van der Waals surface area contributed by atoms with Crippen LogP contribution < -0.4 is 9.62 Å². The van der Waals surface area contributed by atoms with Crippen molar-refractivity contribution in [1.82, 2.24) is 9.62 Å². The Labute approximate surface area is 163 Å². The molecule has 7 heteroatoms. The lowest BCUT2D eigenvalue weighted by Gasteiger charge is -2.24. The van der Waals surface area contributed by atoms with E-state index >= 15 is 0 Å². The van der Waals surface area contributed by atoms with Crippen LogP contribution in [-0.4, -0.2) is 51.4 Å². The summed E-state index contributed by atoms with van der Waals surface area (Å²) in [6, 6.07) is 5.18. The molecule has 1 aromatic rings. The van der Waals surface area contributed by atoms with Gasteiger partial charge < -0.3 is 9.80 Å². The largest absolute Gasteiger partial charge is 0.361 e. The lowest BCUT2D eigenvalue weighted by Crippen LogP contribution is -2.40. The molecule has 0 aliphatic carbocycles. The molecule has 1 aromatic carbocycles. The maximum Gasteiger partial charge on any atom is 0.242 e. The van der Waals surface area contributed by atoms with Gasteiger partial charge in [-0.1, -0.05) is 20.8 Å². The molecule has 1 unspecified atom stereocenters. The quantitative estimate of drug-likeness (QED) is 0.806. The zero-order valence-corrected chi connectivity index (χ0v) is 17.6. The number of likely N-dealkylation sites (tertiary alicyclic amines) is 1. The molecule has 1 fully saturated rings. The average molecular weight is 394 g/mol. The van der Waals surface area contributed by atoms with E-state index in [2.05, 4.69) is 23.5 Å². The number of benzene rings is 1. The Morgan fingerprint density at radius 1 is 1.26 bits per heavy atom. The number of fused-ring (bicyclic) bond motifs is 1.